The van der Waals surface area contributed by atoms with Gasteiger partial charge >= 0.3 is 6.18 Å². The highest BCUT2D eigenvalue weighted by molar-refractivity contribution is 5.73. The van der Waals surface area contributed by atoms with Crippen molar-refractivity contribution in [1.29, 1.82) is 0 Å². The molecule has 150 valence electrons. The molecule has 3 rings (SSSR count). The molecule has 1 saturated carbocycles. The molecule has 1 aliphatic carbocycles. The van der Waals surface area contributed by atoms with Crippen molar-refractivity contribution in [2.45, 2.75) is 44.6 Å². The maximum absolute atomic E-state index is 13.6. The Bertz CT molecular complexity index is 695. The van der Waals surface area contributed by atoms with Crippen molar-refractivity contribution in [3.05, 3.63) is 35.1 Å². The molecular formula is C19H24F4N2O2. The minimum absolute atomic E-state index is 0.0558. The number of fused-ring (bicyclic) bond motifs is 1. The van der Waals surface area contributed by atoms with E-state index in [9.17, 15) is 22.4 Å². The minimum Gasteiger partial charge on any atom is -0.379 e. The summed E-state index contributed by atoms with van der Waals surface area (Å²) in [5.41, 5.74) is -0.637. The van der Waals surface area contributed by atoms with Crippen LogP contribution in [-0.2, 0) is 22.3 Å². The first-order valence-corrected chi connectivity index (χ1v) is 9.04. The number of alkyl halides is 3. The number of methoxy groups -OCH3 is 1. The molecular weight excluding hydrogens is 364 g/mol. The van der Waals surface area contributed by atoms with Gasteiger partial charge in [-0.15, -0.1) is 0 Å². The van der Waals surface area contributed by atoms with Crippen LogP contribution >= 0.6 is 0 Å². The van der Waals surface area contributed by atoms with Crippen molar-refractivity contribution in [3.8, 4) is 0 Å². The second-order valence-electron chi connectivity index (χ2n) is 7.61. The van der Waals surface area contributed by atoms with E-state index >= 15 is 0 Å². The monoisotopic (exact) mass is 388 g/mol. The molecule has 0 bridgehead atoms. The van der Waals surface area contributed by atoms with E-state index in [1.165, 1.54) is 6.92 Å². The molecule has 4 atom stereocenters. The predicted molar refractivity (Wildman–Crippen MR) is 91.3 cm³/mol. The zero-order chi connectivity index (χ0) is 19.8. The van der Waals surface area contributed by atoms with Crippen LogP contribution in [0.25, 0.3) is 0 Å². The van der Waals surface area contributed by atoms with Gasteiger partial charge < -0.3 is 10.1 Å². The van der Waals surface area contributed by atoms with Gasteiger partial charge in [0.25, 0.3) is 0 Å². The molecule has 0 radical (unpaired) electrons. The Balaban J connectivity index is 1.68. The van der Waals surface area contributed by atoms with E-state index < -0.39 is 17.6 Å². The lowest BCUT2D eigenvalue weighted by molar-refractivity contribution is -0.137. The summed E-state index contributed by atoms with van der Waals surface area (Å²) in [7, 11) is 1.62. The van der Waals surface area contributed by atoms with Crippen molar-refractivity contribution in [1.82, 2.24) is 10.2 Å². The number of hydrogen-bond donors (Lipinski definition) is 1. The molecule has 1 amide bonds. The van der Waals surface area contributed by atoms with Gasteiger partial charge in [0, 0.05) is 33.7 Å². The maximum atomic E-state index is 13.6. The fourth-order valence-electron chi connectivity index (χ4n) is 4.48. The Kier molecular flexibility index (Phi) is 5.76. The zero-order valence-electron chi connectivity index (χ0n) is 15.4. The fraction of sp³-hybridized carbons (Fsp3) is 0.632. The molecule has 0 spiro atoms. The van der Waals surface area contributed by atoms with E-state index in [0.29, 0.717) is 23.5 Å². The molecule has 2 fully saturated rings. The number of ether oxygens (including phenoxy) is 1. The lowest BCUT2D eigenvalue weighted by Crippen LogP contribution is -2.49. The van der Waals surface area contributed by atoms with Gasteiger partial charge in [-0.2, -0.15) is 13.2 Å². The Morgan fingerprint density at radius 1 is 1.22 bits per heavy atom. The summed E-state index contributed by atoms with van der Waals surface area (Å²) in [5, 5.41) is 2.93. The van der Waals surface area contributed by atoms with Crippen LogP contribution in [0.3, 0.4) is 0 Å². The number of nitrogens with zero attached hydrogens (tertiary/aromatic N) is 1. The average Bonchev–Trinajstić information content (AvgIpc) is 2.93. The number of benzene rings is 1. The zero-order valence-corrected chi connectivity index (χ0v) is 15.4. The Morgan fingerprint density at radius 3 is 2.48 bits per heavy atom. The van der Waals surface area contributed by atoms with Crippen LogP contribution < -0.4 is 5.32 Å². The van der Waals surface area contributed by atoms with Crippen LogP contribution in [0, 0.1) is 17.7 Å². The summed E-state index contributed by atoms with van der Waals surface area (Å²) in [5.74, 6) is -0.282. The Labute approximate surface area is 155 Å². The van der Waals surface area contributed by atoms with Crippen LogP contribution in [0.15, 0.2) is 18.2 Å². The largest absolute Gasteiger partial charge is 0.416 e. The highest BCUT2D eigenvalue weighted by Crippen LogP contribution is 2.38. The first-order chi connectivity index (χ1) is 12.7. The third-order valence-electron chi connectivity index (χ3n) is 5.58. The van der Waals surface area contributed by atoms with Crippen molar-refractivity contribution in [2.75, 3.05) is 20.2 Å². The van der Waals surface area contributed by atoms with Gasteiger partial charge in [0.05, 0.1) is 17.7 Å². The van der Waals surface area contributed by atoms with Crippen LogP contribution in [-0.4, -0.2) is 43.2 Å². The van der Waals surface area contributed by atoms with Gasteiger partial charge in [-0.25, -0.2) is 4.39 Å². The van der Waals surface area contributed by atoms with Gasteiger partial charge in [0.2, 0.25) is 5.91 Å². The van der Waals surface area contributed by atoms with E-state index in [4.69, 9.17) is 4.74 Å². The van der Waals surface area contributed by atoms with Gasteiger partial charge in [-0.05, 0) is 48.4 Å². The number of nitrogens with one attached hydrogen (secondary N) is 1. The first-order valence-electron chi connectivity index (χ1n) is 9.04. The molecule has 1 heterocycles. The molecule has 4 nitrogen and oxygen atoms in total. The van der Waals surface area contributed by atoms with E-state index in [-0.39, 0.29) is 24.6 Å². The summed E-state index contributed by atoms with van der Waals surface area (Å²) >= 11 is 0. The quantitative estimate of drug-likeness (QED) is 0.806. The third kappa shape index (κ3) is 4.79. The Morgan fingerprint density at radius 2 is 1.89 bits per heavy atom. The molecule has 0 unspecified atom stereocenters. The van der Waals surface area contributed by atoms with E-state index in [1.807, 2.05) is 0 Å². The summed E-state index contributed by atoms with van der Waals surface area (Å²) < 4.78 is 57.9. The van der Waals surface area contributed by atoms with E-state index in [0.717, 1.165) is 38.1 Å². The molecule has 1 aromatic rings. The fourth-order valence-corrected chi connectivity index (χ4v) is 4.48. The highest BCUT2D eigenvalue weighted by Gasteiger charge is 2.42. The highest BCUT2D eigenvalue weighted by atomic mass is 19.4. The topological polar surface area (TPSA) is 41.6 Å². The number of halogens is 4. The smallest absolute Gasteiger partial charge is 0.379 e. The van der Waals surface area contributed by atoms with Crippen LogP contribution in [0.1, 0.15) is 30.9 Å². The molecule has 1 N–H and O–H groups in total. The second kappa shape index (κ2) is 7.75. The summed E-state index contributed by atoms with van der Waals surface area (Å²) in [4.78, 5) is 13.5. The standard InChI is InChI=1S/C19H24F4N2O2/c1-11(26)24-17-5-13-9-25(10-14(13)6-18(17)27-2)8-12-3-15(19(21,22)23)7-16(20)4-12/h3-4,7,13-14,17-18H,5-6,8-10H2,1-2H3,(H,24,26)/t13-,14+,17-,18-/m1/s1. The summed E-state index contributed by atoms with van der Waals surface area (Å²) in [6.07, 6.45) is -3.07. The normalized spacial score (nSPS) is 28.8. The second-order valence-corrected chi connectivity index (χ2v) is 7.61. The van der Waals surface area contributed by atoms with Crippen molar-refractivity contribution >= 4 is 5.91 Å². The molecule has 2 aliphatic rings. The molecule has 0 aromatic heterocycles. The van der Waals surface area contributed by atoms with E-state index in [2.05, 4.69) is 10.2 Å². The maximum Gasteiger partial charge on any atom is 0.416 e. The Hall–Kier alpha value is -1.67. The lowest BCUT2D eigenvalue weighted by atomic mass is 9.77. The summed E-state index contributed by atoms with van der Waals surface area (Å²) in [6, 6.07) is 2.65. The molecule has 27 heavy (non-hydrogen) atoms. The average molecular weight is 388 g/mol. The SMILES string of the molecule is CO[C@@H]1C[C@H]2CN(Cc3cc(F)cc(C(F)(F)F)c3)C[C@H]2C[C@H]1NC(C)=O. The van der Waals surface area contributed by atoms with E-state index in [1.54, 1.807) is 7.11 Å². The predicted octanol–water partition coefficient (Wildman–Crippen LogP) is 3.21. The van der Waals surface area contributed by atoms with Crippen LogP contribution in [0.5, 0.6) is 0 Å². The minimum atomic E-state index is -4.56. The first kappa shape index (κ1) is 20.1. The van der Waals surface area contributed by atoms with Crippen molar-refractivity contribution < 1.29 is 27.1 Å². The number of carbonyl (C=O) groups excluding carboxylic acids is 1. The number of likely N-dealkylation sites (tertiary alicyclic amines) is 1. The molecule has 1 aliphatic heterocycles. The number of amides is 1. The van der Waals surface area contributed by atoms with Crippen LogP contribution in [0.4, 0.5) is 17.6 Å². The summed E-state index contributed by atoms with van der Waals surface area (Å²) in [6.45, 7) is 3.20. The van der Waals surface area contributed by atoms with Gasteiger partial charge in [0.15, 0.2) is 0 Å². The van der Waals surface area contributed by atoms with Crippen molar-refractivity contribution in [3.63, 3.8) is 0 Å². The van der Waals surface area contributed by atoms with Gasteiger partial charge in [0.1, 0.15) is 5.82 Å². The van der Waals surface area contributed by atoms with Crippen molar-refractivity contribution in [2.24, 2.45) is 11.8 Å². The molecule has 1 saturated heterocycles. The van der Waals surface area contributed by atoms with Gasteiger partial charge in [-0.1, -0.05) is 0 Å². The number of rotatable bonds is 4. The molecule has 8 heteroatoms. The number of carbonyl (C=O) groups is 1. The van der Waals surface area contributed by atoms with Crippen LogP contribution in [0.2, 0.25) is 0 Å². The number of hydrogen-bond acceptors (Lipinski definition) is 3. The van der Waals surface area contributed by atoms with Gasteiger partial charge in [-0.3, -0.25) is 9.69 Å². The molecule has 1 aromatic carbocycles. The lowest BCUT2D eigenvalue weighted by Gasteiger charge is -2.37. The third-order valence-corrected chi connectivity index (χ3v) is 5.58.